The van der Waals surface area contributed by atoms with E-state index in [2.05, 4.69) is 72.5 Å². The standard InChI is InChI=1S/C22H16N2/c1-11-6-7-14-18(8-11)24-19-9-15-13-4-3-5-17-22(13)16(10-23-17)20(15)12(2)21(14)19/h3-10,23-24H,1-2H3. The third-order valence-corrected chi connectivity index (χ3v) is 5.56. The molecular weight excluding hydrogens is 292 g/mol. The van der Waals surface area contributed by atoms with Crippen LogP contribution in [0, 0.1) is 13.8 Å². The SMILES string of the molecule is Cc1ccc2c(c1)[nH]c1cc3c(c(C)c12)-c1c[nH]c2cccc-3c12. The van der Waals surface area contributed by atoms with E-state index >= 15 is 0 Å². The van der Waals surface area contributed by atoms with Crippen molar-refractivity contribution in [1.82, 2.24) is 9.97 Å². The molecule has 0 unspecified atom stereocenters. The highest BCUT2D eigenvalue weighted by Gasteiger charge is 2.26. The molecule has 2 aromatic heterocycles. The summed E-state index contributed by atoms with van der Waals surface area (Å²) in [6, 6.07) is 15.6. The van der Waals surface area contributed by atoms with Gasteiger partial charge in [-0.25, -0.2) is 0 Å². The number of aromatic amines is 2. The summed E-state index contributed by atoms with van der Waals surface area (Å²) in [6.07, 6.45) is 2.16. The Balaban J connectivity index is 1.84. The van der Waals surface area contributed by atoms with Crippen LogP contribution in [0.4, 0.5) is 0 Å². The first-order valence-electron chi connectivity index (χ1n) is 8.39. The van der Waals surface area contributed by atoms with Gasteiger partial charge in [0.05, 0.1) is 0 Å². The number of rotatable bonds is 0. The Kier molecular flexibility index (Phi) is 2.02. The number of benzene rings is 3. The van der Waals surface area contributed by atoms with Crippen LogP contribution in [0.15, 0.2) is 48.7 Å². The largest absolute Gasteiger partial charge is 0.361 e. The van der Waals surface area contributed by atoms with Gasteiger partial charge in [0.25, 0.3) is 0 Å². The first-order chi connectivity index (χ1) is 11.7. The second-order valence-corrected chi connectivity index (χ2v) is 6.95. The molecule has 5 aromatic rings. The maximum Gasteiger partial charge on any atom is 0.0474 e. The van der Waals surface area contributed by atoms with E-state index in [0.29, 0.717) is 0 Å². The molecule has 1 aliphatic rings. The lowest BCUT2D eigenvalue weighted by atomic mass is 9.95. The fraction of sp³-hybridized carbons (Fsp3) is 0.0909. The third kappa shape index (κ3) is 1.29. The van der Waals surface area contributed by atoms with Crippen molar-refractivity contribution in [1.29, 1.82) is 0 Å². The summed E-state index contributed by atoms with van der Waals surface area (Å²) in [6.45, 7) is 4.41. The Morgan fingerprint density at radius 3 is 2.58 bits per heavy atom. The van der Waals surface area contributed by atoms with Crippen LogP contribution in [-0.2, 0) is 0 Å². The predicted molar refractivity (Wildman–Crippen MR) is 102 cm³/mol. The summed E-state index contributed by atoms with van der Waals surface area (Å²) in [5.41, 5.74) is 11.8. The van der Waals surface area contributed by atoms with Gasteiger partial charge in [-0.15, -0.1) is 0 Å². The highest BCUT2D eigenvalue weighted by Crippen LogP contribution is 2.51. The van der Waals surface area contributed by atoms with E-state index in [4.69, 9.17) is 0 Å². The summed E-state index contributed by atoms with van der Waals surface area (Å²) in [4.78, 5) is 7.06. The summed E-state index contributed by atoms with van der Waals surface area (Å²) < 4.78 is 0. The van der Waals surface area contributed by atoms with Crippen LogP contribution in [0.25, 0.3) is 55.0 Å². The number of fused-ring (bicyclic) bond motifs is 6. The minimum absolute atomic E-state index is 1.22. The second-order valence-electron chi connectivity index (χ2n) is 6.95. The average molecular weight is 308 g/mol. The van der Waals surface area contributed by atoms with Crippen LogP contribution < -0.4 is 0 Å². The Labute approximate surface area is 139 Å². The molecule has 0 radical (unpaired) electrons. The van der Waals surface area contributed by atoms with E-state index in [9.17, 15) is 0 Å². The zero-order chi connectivity index (χ0) is 16.0. The zero-order valence-electron chi connectivity index (χ0n) is 13.6. The molecule has 0 saturated heterocycles. The van der Waals surface area contributed by atoms with Gasteiger partial charge in [0.1, 0.15) is 0 Å². The van der Waals surface area contributed by atoms with Gasteiger partial charge >= 0.3 is 0 Å². The van der Waals surface area contributed by atoms with Crippen molar-refractivity contribution in [3.63, 3.8) is 0 Å². The lowest BCUT2D eigenvalue weighted by Gasteiger charge is -2.08. The molecule has 2 nitrogen and oxygen atoms in total. The van der Waals surface area contributed by atoms with Crippen LogP contribution in [0.5, 0.6) is 0 Å². The first kappa shape index (κ1) is 12.4. The number of H-pyrrole nitrogens is 2. The molecule has 2 heterocycles. The monoisotopic (exact) mass is 308 g/mol. The molecule has 6 rings (SSSR count). The van der Waals surface area contributed by atoms with Crippen molar-refractivity contribution in [2.45, 2.75) is 13.8 Å². The molecule has 1 aliphatic carbocycles. The summed E-state index contributed by atoms with van der Waals surface area (Å²) in [5, 5.41) is 4.04. The van der Waals surface area contributed by atoms with Crippen molar-refractivity contribution in [2.75, 3.05) is 0 Å². The summed E-state index contributed by atoms with van der Waals surface area (Å²) in [5.74, 6) is 0. The van der Waals surface area contributed by atoms with Gasteiger partial charge < -0.3 is 9.97 Å². The van der Waals surface area contributed by atoms with Crippen molar-refractivity contribution in [3.05, 3.63) is 59.8 Å². The van der Waals surface area contributed by atoms with Crippen molar-refractivity contribution >= 4 is 32.7 Å². The highest BCUT2D eigenvalue weighted by atomic mass is 14.7. The molecule has 0 fully saturated rings. The van der Waals surface area contributed by atoms with Crippen molar-refractivity contribution in [3.8, 4) is 22.3 Å². The van der Waals surface area contributed by atoms with Crippen LogP contribution in [0.2, 0.25) is 0 Å². The normalized spacial score (nSPS) is 12.6. The van der Waals surface area contributed by atoms with E-state index in [0.717, 1.165) is 0 Å². The highest BCUT2D eigenvalue weighted by molar-refractivity contribution is 6.21. The fourth-order valence-electron chi connectivity index (χ4n) is 4.55. The predicted octanol–water partition coefficient (Wildman–Crippen LogP) is 6.07. The Hall–Kier alpha value is -3.00. The minimum atomic E-state index is 1.22. The van der Waals surface area contributed by atoms with Gasteiger partial charge in [-0.05, 0) is 59.9 Å². The fourth-order valence-corrected chi connectivity index (χ4v) is 4.55. The Morgan fingerprint density at radius 1 is 0.750 bits per heavy atom. The average Bonchev–Trinajstić information content (AvgIpc) is 3.23. The van der Waals surface area contributed by atoms with E-state index in [1.54, 1.807) is 0 Å². The van der Waals surface area contributed by atoms with Gasteiger partial charge in [-0.1, -0.05) is 24.3 Å². The molecule has 0 saturated carbocycles. The molecule has 24 heavy (non-hydrogen) atoms. The molecular formula is C22H16N2. The van der Waals surface area contributed by atoms with E-state index in [1.807, 2.05) is 0 Å². The minimum Gasteiger partial charge on any atom is -0.361 e. The van der Waals surface area contributed by atoms with Gasteiger partial charge in [0.15, 0.2) is 0 Å². The smallest absolute Gasteiger partial charge is 0.0474 e. The first-order valence-corrected chi connectivity index (χ1v) is 8.39. The van der Waals surface area contributed by atoms with E-state index in [-0.39, 0.29) is 0 Å². The van der Waals surface area contributed by atoms with Crippen molar-refractivity contribution in [2.24, 2.45) is 0 Å². The maximum absolute atomic E-state index is 3.63. The summed E-state index contributed by atoms with van der Waals surface area (Å²) >= 11 is 0. The number of aryl methyl sites for hydroxylation is 2. The molecule has 114 valence electrons. The van der Waals surface area contributed by atoms with Crippen LogP contribution in [0.1, 0.15) is 11.1 Å². The van der Waals surface area contributed by atoms with Gasteiger partial charge in [-0.2, -0.15) is 0 Å². The Morgan fingerprint density at radius 2 is 1.67 bits per heavy atom. The van der Waals surface area contributed by atoms with Crippen LogP contribution >= 0.6 is 0 Å². The molecule has 2 N–H and O–H groups in total. The zero-order valence-corrected chi connectivity index (χ0v) is 13.6. The van der Waals surface area contributed by atoms with Crippen LogP contribution in [-0.4, -0.2) is 9.97 Å². The maximum atomic E-state index is 3.63. The lowest BCUT2D eigenvalue weighted by molar-refractivity contribution is 1.45. The molecule has 0 bridgehead atoms. The van der Waals surface area contributed by atoms with Gasteiger partial charge in [0, 0.05) is 44.5 Å². The second kappa shape index (κ2) is 3.90. The molecule has 0 atom stereocenters. The molecule has 3 aromatic carbocycles. The summed E-state index contributed by atoms with van der Waals surface area (Å²) in [7, 11) is 0. The van der Waals surface area contributed by atoms with Gasteiger partial charge in [-0.3, -0.25) is 0 Å². The molecule has 2 heteroatoms. The van der Waals surface area contributed by atoms with E-state index in [1.165, 1.54) is 66.1 Å². The number of hydrogen-bond acceptors (Lipinski definition) is 0. The number of aromatic nitrogens is 2. The third-order valence-electron chi connectivity index (χ3n) is 5.56. The van der Waals surface area contributed by atoms with Crippen LogP contribution in [0.3, 0.4) is 0 Å². The number of hydrogen-bond donors (Lipinski definition) is 2. The molecule has 0 aliphatic heterocycles. The lowest BCUT2D eigenvalue weighted by Crippen LogP contribution is -1.85. The Bertz CT molecular complexity index is 1310. The van der Waals surface area contributed by atoms with Gasteiger partial charge in [0.2, 0.25) is 0 Å². The quantitative estimate of drug-likeness (QED) is 0.341. The molecule has 0 spiro atoms. The van der Waals surface area contributed by atoms with Crippen molar-refractivity contribution < 1.29 is 0 Å². The molecule has 0 amide bonds. The van der Waals surface area contributed by atoms with E-state index < -0.39 is 0 Å². The number of nitrogens with one attached hydrogen (secondary N) is 2. The topological polar surface area (TPSA) is 31.6 Å².